The molecule has 0 aromatic heterocycles. The van der Waals surface area contributed by atoms with Gasteiger partial charge in [0.25, 0.3) is 0 Å². The first-order valence-corrected chi connectivity index (χ1v) is 6.48. The molecule has 0 amide bonds. The van der Waals surface area contributed by atoms with Crippen molar-refractivity contribution in [3.8, 4) is 11.8 Å². The van der Waals surface area contributed by atoms with Crippen molar-refractivity contribution in [3.05, 3.63) is 65.2 Å². The predicted octanol–water partition coefficient (Wildman–Crippen LogP) is 3.38. The van der Waals surface area contributed by atoms with Crippen molar-refractivity contribution in [2.45, 2.75) is 13.3 Å². The van der Waals surface area contributed by atoms with Crippen LogP contribution in [0.25, 0.3) is 0 Å². The molecule has 2 aromatic rings. The normalized spacial score (nSPS) is 9.80. The van der Waals surface area contributed by atoms with E-state index in [1.807, 2.05) is 18.2 Å². The molecular formula is C17H15NO2. The van der Waals surface area contributed by atoms with Gasteiger partial charge in [0.2, 0.25) is 0 Å². The van der Waals surface area contributed by atoms with Crippen LogP contribution >= 0.6 is 0 Å². The molecule has 0 aliphatic carbocycles. The molecule has 0 aliphatic rings. The largest absolute Gasteiger partial charge is 0.484 e. The zero-order valence-corrected chi connectivity index (χ0v) is 11.3. The van der Waals surface area contributed by atoms with Crippen molar-refractivity contribution < 1.29 is 9.53 Å². The number of ether oxygens (including phenoxy) is 1. The molecule has 2 aromatic carbocycles. The van der Waals surface area contributed by atoms with Gasteiger partial charge in [-0.3, -0.25) is 4.79 Å². The quantitative estimate of drug-likeness (QED) is 0.779. The molecule has 3 nitrogen and oxygen atoms in total. The highest BCUT2D eigenvalue weighted by atomic mass is 16.5. The third-order valence-electron chi connectivity index (χ3n) is 3.05. The number of carbonyl (C=O) groups excluding carboxylic acids is 1. The number of rotatable bonds is 5. The molecule has 0 atom stereocenters. The number of Topliss-reactive ketones (excluding diaryl/α,β-unsaturated/α-hetero) is 1. The van der Waals surface area contributed by atoms with Gasteiger partial charge in [-0.2, -0.15) is 5.26 Å². The summed E-state index contributed by atoms with van der Waals surface area (Å²) in [5.41, 5.74) is 2.25. The summed E-state index contributed by atoms with van der Waals surface area (Å²) in [6.07, 6.45) is 0.945. The molecule has 0 saturated heterocycles. The Bertz CT molecular complexity index is 639. The van der Waals surface area contributed by atoms with E-state index in [4.69, 9.17) is 10.00 Å². The Morgan fingerprint density at radius 2 is 1.85 bits per heavy atom. The maximum Gasteiger partial charge on any atom is 0.200 e. The SMILES string of the molecule is CCc1ccc(C(=O)COc2ccccc2C#N)cc1. The molecule has 20 heavy (non-hydrogen) atoms. The van der Waals surface area contributed by atoms with Crippen molar-refractivity contribution in [2.24, 2.45) is 0 Å². The number of para-hydroxylation sites is 1. The molecule has 0 bridgehead atoms. The van der Waals surface area contributed by atoms with Crippen LogP contribution in [0.5, 0.6) is 5.75 Å². The van der Waals surface area contributed by atoms with E-state index in [-0.39, 0.29) is 12.4 Å². The lowest BCUT2D eigenvalue weighted by molar-refractivity contribution is 0.0921. The van der Waals surface area contributed by atoms with E-state index < -0.39 is 0 Å². The Labute approximate surface area is 118 Å². The van der Waals surface area contributed by atoms with Crippen molar-refractivity contribution in [1.82, 2.24) is 0 Å². The number of nitriles is 1. The van der Waals surface area contributed by atoms with Crippen molar-refractivity contribution >= 4 is 5.78 Å². The van der Waals surface area contributed by atoms with Gasteiger partial charge in [-0.05, 0) is 24.1 Å². The fourth-order valence-electron chi connectivity index (χ4n) is 1.84. The molecule has 0 N–H and O–H groups in total. The summed E-state index contributed by atoms with van der Waals surface area (Å²) in [6.45, 7) is 2.00. The molecular weight excluding hydrogens is 250 g/mol. The van der Waals surface area contributed by atoms with Gasteiger partial charge < -0.3 is 4.74 Å². The molecule has 0 radical (unpaired) electrons. The molecule has 0 fully saturated rings. The molecule has 100 valence electrons. The Kier molecular flexibility index (Phi) is 4.52. The topological polar surface area (TPSA) is 50.1 Å². The van der Waals surface area contributed by atoms with Crippen LogP contribution in [0.15, 0.2) is 48.5 Å². The van der Waals surface area contributed by atoms with Crippen LogP contribution in [0.2, 0.25) is 0 Å². The smallest absolute Gasteiger partial charge is 0.200 e. The number of benzene rings is 2. The minimum atomic E-state index is -0.0969. The number of carbonyl (C=O) groups is 1. The summed E-state index contributed by atoms with van der Waals surface area (Å²) in [7, 11) is 0. The second-order valence-corrected chi connectivity index (χ2v) is 4.37. The van der Waals surface area contributed by atoms with Gasteiger partial charge in [0.05, 0.1) is 5.56 Å². The second kappa shape index (κ2) is 6.53. The number of aryl methyl sites for hydroxylation is 1. The summed E-state index contributed by atoms with van der Waals surface area (Å²) in [5, 5.41) is 8.94. The number of nitrogens with zero attached hydrogens (tertiary/aromatic N) is 1. The molecule has 0 spiro atoms. The molecule has 0 saturated carbocycles. The van der Waals surface area contributed by atoms with Gasteiger partial charge in [-0.15, -0.1) is 0 Å². The van der Waals surface area contributed by atoms with Crippen LogP contribution in [0.1, 0.15) is 28.4 Å². The molecule has 3 heteroatoms. The third-order valence-corrected chi connectivity index (χ3v) is 3.05. The zero-order valence-electron chi connectivity index (χ0n) is 11.3. The number of hydrogen-bond donors (Lipinski definition) is 0. The predicted molar refractivity (Wildman–Crippen MR) is 76.8 cm³/mol. The Morgan fingerprint density at radius 3 is 2.50 bits per heavy atom. The molecule has 0 unspecified atom stereocenters. The monoisotopic (exact) mass is 265 g/mol. The highest BCUT2D eigenvalue weighted by molar-refractivity contribution is 5.97. The maximum absolute atomic E-state index is 12.0. The lowest BCUT2D eigenvalue weighted by Gasteiger charge is -2.07. The van der Waals surface area contributed by atoms with E-state index in [9.17, 15) is 4.79 Å². The average molecular weight is 265 g/mol. The van der Waals surface area contributed by atoms with Crippen molar-refractivity contribution in [2.75, 3.05) is 6.61 Å². The van der Waals surface area contributed by atoms with Gasteiger partial charge in [0.15, 0.2) is 12.4 Å². The van der Waals surface area contributed by atoms with Crippen molar-refractivity contribution in [1.29, 1.82) is 5.26 Å². The first kappa shape index (κ1) is 13.8. The van der Waals surface area contributed by atoms with E-state index >= 15 is 0 Å². The first-order valence-electron chi connectivity index (χ1n) is 6.48. The fourth-order valence-corrected chi connectivity index (χ4v) is 1.84. The highest BCUT2D eigenvalue weighted by Crippen LogP contribution is 2.17. The molecule has 0 aliphatic heterocycles. The third kappa shape index (κ3) is 3.24. The Hall–Kier alpha value is -2.60. The van der Waals surface area contributed by atoms with Gasteiger partial charge in [0, 0.05) is 5.56 Å². The summed E-state index contributed by atoms with van der Waals surface area (Å²) in [4.78, 5) is 12.0. The summed E-state index contributed by atoms with van der Waals surface area (Å²) < 4.78 is 5.43. The highest BCUT2D eigenvalue weighted by Gasteiger charge is 2.08. The van der Waals surface area contributed by atoms with E-state index in [0.717, 1.165) is 6.42 Å². The van der Waals surface area contributed by atoms with Crippen LogP contribution < -0.4 is 4.74 Å². The Balaban J connectivity index is 2.03. The van der Waals surface area contributed by atoms with Crippen LogP contribution in [-0.2, 0) is 6.42 Å². The molecule has 0 heterocycles. The average Bonchev–Trinajstić information content (AvgIpc) is 2.53. The lowest BCUT2D eigenvalue weighted by Crippen LogP contribution is -2.12. The van der Waals surface area contributed by atoms with E-state index in [1.54, 1.807) is 36.4 Å². The second-order valence-electron chi connectivity index (χ2n) is 4.37. The van der Waals surface area contributed by atoms with E-state index in [1.165, 1.54) is 5.56 Å². The summed E-state index contributed by atoms with van der Waals surface area (Å²) in [6, 6.07) is 16.4. The number of hydrogen-bond acceptors (Lipinski definition) is 3. The minimum absolute atomic E-state index is 0.0653. The minimum Gasteiger partial charge on any atom is -0.484 e. The molecule has 2 rings (SSSR count). The van der Waals surface area contributed by atoms with Crippen LogP contribution in [-0.4, -0.2) is 12.4 Å². The van der Waals surface area contributed by atoms with Crippen molar-refractivity contribution in [3.63, 3.8) is 0 Å². The van der Waals surface area contributed by atoms with Gasteiger partial charge >= 0.3 is 0 Å². The van der Waals surface area contributed by atoms with Gasteiger partial charge in [-0.25, -0.2) is 0 Å². The van der Waals surface area contributed by atoms with Crippen LogP contribution in [0.3, 0.4) is 0 Å². The van der Waals surface area contributed by atoms with E-state index in [0.29, 0.717) is 16.9 Å². The summed E-state index contributed by atoms with van der Waals surface area (Å²) in [5.74, 6) is 0.342. The lowest BCUT2D eigenvalue weighted by atomic mass is 10.1. The number of ketones is 1. The summed E-state index contributed by atoms with van der Waals surface area (Å²) >= 11 is 0. The fraction of sp³-hybridized carbons (Fsp3) is 0.176. The van der Waals surface area contributed by atoms with Crippen LogP contribution in [0, 0.1) is 11.3 Å². The van der Waals surface area contributed by atoms with Gasteiger partial charge in [-0.1, -0.05) is 43.3 Å². The van der Waals surface area contributed by atoms with Crippen LogP contribution in [0.4, 0.5) is 0 Å². The first-order chi connectivity index (χ1) is 9.74. The zero-order chi connectivity index (χ0) is 14.4. The van der Waals surface area contributed by atoms with Gasteiger partial charge in [0.1, 0.15) is 11.8 Å². The standard InChI is InChI=1S/C17H15NO2/c1-2-13-7-9-14(10-8-13)16(19)12-20-17-6-4-3-5-15(17)11-18/h3-10H,2,12H2,1H3. The maximum atomic E-state index is 12.0. The van der Waals surface area contributed by atoms with E-state index in [2.05, 4.69) is 6.92 Å². The Morgan fingerprint density at radius 1 is 1.15 bits per heavy atom.